The Morgan fingerprint density at radius 1 is 0.647 bits per heavy atom. The molecule has 0 heterocycles. The first-order valence-corrected chi connectivity index (χ1v) is 14.2. The van der Waals surface area contributed by atoms with Gasteiger partial charge in [-0.05, 0) is 19.3 Å². The largest absolute Gasteiger partial charge is 0.478 e. The van der Waals surface area contributed by atoms with Crippen molar-refractivity contribution in [1.29, 1.82) is 0 Å². The van der Waals surface area contributed by atoms with E-state index in [4.69, 9.17) is 9.84 Å². The van der Waals surface area contributed by atoms with Crippen LogP contribution in [-0.2, 0) is 14.3 Å². The van der Waals surface area contributed by atoms with Crippen LogP contribution in [0.25, 0.3) is 0 Å². The number of hydrogen-bond donors (Lipinski definition) is 1. The SMILES string of the molecule is C=C(CCCCCCCCCCCC)C(=O)O.C=CC(=O)OCCCCCCCCCCCC. The van der Waals surface area contributed by atoms with Crippen LogP contribution in [0.3, 0.4) is 0 Å². The van der Waals surface area contributed by atoms with Crippen molar-refractivity contribution in [3.05, 3.63) is 24.8 Å². The number of rotatable bonds is 24. The zero-order chi connectivity index (χ0) is 25.7. The lowest BCUT2D eigenvalue weighted by molar-refractivity contribution is -0.138. The molecule has 4 heteroatoms. The Balaban J connectivity index is 0. The van der Waals surface area contributed by atoms with Crippen molar-refractivity contribution in [1.82, 2.24) is 0 Å². The predicted molar refractivity (Wildman–Crippen MR) is 146 cm³/mol. The average Bonchev–Trinajstić information content (AvgIpc) is 2.83. The molecule has 0 spiro atoms. The Morgan fingerprint density at radius 3 is 1.35 bits per heavy atom. The Morgan fingerprint density at radius 2 is 1.00 bits per heavy atom. The van der Waals surface area contributed by atoms with Gasteiger partial charge in [0.15, 0.2) is 0 Å². The first-order chi connectivity index (χ1) is 16.5. The van der Waals surface area contributed by atoms with Crippen LogP contribution in [-0.4, -0.2) is 23.7 Å². The van der Waals surface area contributed by atoms with Gasteiger partial charge < -0.3 is 9.84 Å². The number of carboxylic acid groups (broad SMARTS) is 1. The van der Waals surface area contributed by atoms with E-state index in [-0.39, 0.29) is 5.97 Å². The van der Waals surface area contributed by atoms with E-state index < -0.39 is 5.97 Å². The molecule has 0 rings (SSSR count). The molecule has 0 radical (unpaired) electrons. The topological polar surface area (TPSA) is 63.6 Å². The van der Waals surface area contributed by atoms with Gasteiger partial charge in [0, 0.05) is 11.6 Å². The highest BCUT2D eigenvalue weighted by molar-refractivity contribution is 5.85. The van der Waals surface area contributed by atoms with Crippen LogP contribution in [0.5, 0.6) is 0 Å². The highest BCUT2D eigenvalue weighted by atomic mass is 16.5. The monoisotopic (exact) mass is 480 g/mol. The number of carbonyl (C=O) groups excluding carboxylic acids is 1. The molecule has 0 saturated heterocycles. The van der Waals surface area contributed by atoms with Gasteiger partial charge in [0.2, 0.25) is 0 Å². The first-order valence-electron chi connectivity index (χ1n) is 14.2. The van der Waals surface area contributed by atoms with Crippen molar-refractivity contribution >= 4 is 11.9 Å². The summed E-state index contributed by atoms with van der Waals surface area (Å²) in [7, 11) is 0. The quantitative estimate of drug-likeness (QED) is 0.0848. The molecule has 200 valence electrons. The van der Waals surface area contributed by atoms with Crippen LogP contribution in [0.1, 0.15) is 149 Å². The number of ether oxygens (including phenoxy) is 1. The molecule has 34 heavy (non-hydrogen) atoms. The Labute approximate surface area is 211 Å². The molecule has 1 N–H and O–H groups in total. The summed E-state index contributed by atoms with van der Waals surface area (Å²) in [6, 6.07) is 0. The highest BCUT2D eigenvalue weighted by Crippen LogP contribution is 2.13. The third-order valence-corrected chi connectivity index (χ3v) is 6.04. The normalized spacial score (nSPS) is 10.3. The summed E-state index contributed by atoms with van der Waals surface area (Å²) in [5.74, 6) is -1.15. The minimum absolute atomic E-state index is 0.305. The zero-order valence-electron chi connectivity index (χ0n) is 22.7. The molecule has 0 saturated carbocycles. The fraction of sp³-hybridized carbons (Fsp3) is 0.800. The van der Waals surface area contributed by atoms with Gasteiger partial charge in [0.1, 0.15) is 0 Å². The van der Waals surface area contributed by atoms with Gasteiger partial charge in [-0.1, -0.05) is 143 Å². The molecule has 0 amide bonds. The number of aliphatic carboxylic acids is 1. The van der Waals surface area contributed by atoms with Crippen LogP contribution >= 0.6 is 0 Å². The summed E-state index contributed by atoms with van der Waals surface area (Å²) in [5, 5.41) is 8.63. The van der Waals surface area contributed by atoms with Crippen molar-refractivity contribution in [3.63, 3.8) is 0 Å². The van der Waals surface area contributed by atoms with Crippen molar-refractivity contribution in [2.75, 3.05) is 6.61 Å². The maximum absolute atomic E-state index is 10.7. The minimum Gasteiger partial charge on any atom is -0.478 e. The van der Waals surface area contributed by atoms with E-state index >= 15 is 0 Å². The highest BCUT2D eigenvalue weighted by Gasteiger charge is 2.02. The summed E-state index contributed by atoms with van der Waals surface area (Å²) < 4.78 is 4.91. The maximum atomic E-state index is 10.7. The van der Waals surface area contributed by atoms with E-state index in [1.165, 1.54) is 115 Å². The number of unbranched alkanes of at least 4 members (excludes halogenated alkanes) is 18. The van der Waals surface area contributed by atoms with E-state index in [1.807, 2.05) is 0 Å². The lowest BCUT2D eigenvalue weighted by Gasteiger charge is -2.03. The van der Waals surface area contributed by atoms with Crippen molar-refractivity contribution < 1.29 is 19.4 Å². The molecule has 0 bridgehead atoms. The van der Waals surface area contributed by atoms with Gasteiger partial charge in [-0.3, -0.25) is 0 Å². The van der Waals surface area contributed by atoms with E-state index in [0.29, 0.717) is 18.6 Å². The summed E-state index contributed by atoms with van der Waals surface area (Å²) in [6.07, 6.45) is 27.6. The summed E-state index contributed by atoms with van der Waals surface area (Å²) in [6.45, 7) is 11.9. The predicted octanol–water partition coefficient (Wildman–Crippen LogP) is 9.57. The molecular weight excluding hydrogens is 424 g/mol. The standard InChI is InChI=1S/2C15H28O2/c1-3-4-5-6-7-8-9-10-11-12-13-14(2)15(16)17;1-3-5-6-7-8-9-10-11-12-13-14-17-15(16)4-2/h2-13H2,1H3,(H,16,17);4H,2-3,5-14H2,1H3. The van der Waals surface area contributed by atoms with Gasteiger partial charge in [-0.15, -0.1) is 0 Å². The lowest BCUT2D eigenvalue weighted by Crippen LogP contribution is -2.01. The molecule has 0 aromatic rings. The van der Waals surface area contributed by atoms with Crippen LogP contribution in [0.4, 0.5) is 0 Å². The number of carboxylic acids is 1. The molecule has 0 aliphatic carbocycles. The van der Waals surface area contributed by atoms with Gasteiger partial charge >= 0.3 is 11.9 Å². The molecule has 0 aromatic heterocycles. The average molecular weight is 481 g/mol. The molecule has 4 nitrogen and oxygen atoms in total. The van der Waals surface area contributed by atoms with Gasteiger partial charge in [0.05, 0.1) is 6.61 Å². The molecule has 0 aromatic carbocycles. The third kappa shape index (κ3) is 30.4. The van der Waals surface area contributed by atoms with Crippen LogP contribution in [0, 0.1) is 0 Å². The first kappa shape index (κ1) is 34.6. The van der Waals surface area contributed by atoms with Crippen LogP contribution < -0.4 is 0 Å². The summed E-state index contributed by atoms with van der Waals surface area (Å²) in [5.41, 5.74) is 0.351. The Hall–Kier alpha value is -1.58. The molecule has 0 aliphatic rings. The zero-order valence-corrected chi connectivity index (χ0v) is 22.7. The van der Waals surface area contributed by atoms with Crippen LogP contribution in [0.2, 0.25) is 0 Å². The van der Waals surface area contributed by atoms with Crippen molar-refractivity contribution in [2.24, 2.45) is 0 Å². The molecule has 0 aliphatic heterocycles. The van der Waals surface area contributed by atoms with E-state index in [2.05, 4.69) is 27.0 Å². The fourth-order valence-electron chi connectivity index (χ4n) is 3.75. The van der Waals surface area contributed by atoms with Crippen molar-refractivity contribution in [2.45, 2.75) is 149 Å². The second-order valence-corrected chi connectivity index (χ2v) is 9.39. The second-order valence-electron chi connectivity index (χ2n) is 9.39. The minimum atomic E-state index is -0.846. The lowest BCUT2D eigenvalue weighted by atomic mass is 10.0. The summed E-state index contributed by atoms with van der Waals surface area (Å²) in [4.78, 5) is 21.2. The summed E-state index contributed by atoms with van der Waals surface area (Å²) >= 11 is 0. The third-order valence-electron chi connectivity index (χ3n) is 6.04. The molecule has 0 unspecified atom stereocenters. The van der Waals surface area contributed by atoms with E-state index in [9.17, 15) is 9.59 Å². The maximum Gasteiger partial charge on any atom is 0.330 e. The Kier molecular flexibility index (Phi) is 30.0. The van der Waals surface area contributed by atoms with Crippen molar-refractivity contribution in [3.8, 4) is 0 Å². The second kappa shape index (κ2) is 29.5. The number of carbonyl (C=O) groups is 2. The smallest absolute Gasteiger partial charge is 0.330 e. The van der Waals surface area contributed by atoms with Crippen LogP contribution in [0.15, 0.2) is 24.8 Å². The number of hydrogen-bond acceptors (Lipinski definition) is 3. The fourth-order valence-corrected chi connectivity index (χ4v) is 3.75. The Bertz CT molecular complexity index is 482. The van der Waals surface area contributed by atoms with E-state index in [1.54, 1.807) is 0 Å². The number of esters is 1. The molecule has 0 fully saturated rings. The molecule has 0 atom stereocenters. The molecular formula is C30H56O4. The van der Waals surface area contributed by atoms with Gasteiger partial charge in [-0.25, -0.2) is 9.59 Å². The van der Waals surface area contributed by atoms with Gasteiger partial charge in [0.25, 0.3) is 0 Å². The van der Waals surface area contributed by atoms with Gasteiger partial charge in [-0.2, -0.15) is 0 Å². The van der Waals surface area contributed by atoms with E-state index in [0.717, 1.165) is 19.3 Å².